The maximum atomic E-state index is 11.5. The molecule has 18 heavy (non-hydrogen) atoms. The van der Waals surface area contributed by atoms with Crippen molar-refractivity contribution in [3.8, 4) is 5.75 Å². The van der Waals surface area contributed by atoms with E-state index in [0.717, 1.165) is 13.0 Å². The molecule has 1 aromatic rings. The van der Waals surface area contributed by atoms with Gasteiger partial charge in [-0.25, -0.2) is 0 Å². The van der Waals surface area contributed by atoms with Crippen LogP contribution in [0.2, 0.25) is 0 Å². The summed E-state index contributed by atoms with van der Waals surface area (Å²) in [4.78, 5) is 13.5. The Morgan fingerprint density at radius 3 is 2.61 bits per heavy atom. The molecular formula is C13H21N3O2. The molecule has 100 valence electrons. The molecule has 0 aromatic heterocycles. The molecule has 0 saturated heterocycles. The van der Waals surface area contributed by atoms with Gasteiger partial charge in [-0.05, 0) is 51.3 Å². The summed E-state index contributed by atoms with van der Waals surface area (Å²) in [6.45, 7) is 1.66. The highest BCUT2D eigenvalue weighted by atomic mass is 16.5. The Labute approximate surface area is 108 Å². The Morgan fingerprint density at radius 1 is 1.33 bits per heavy atom. The number of nitrogens with zero attached hydrogens (tertiary/aromatic N) is 1. The molecule has 0 heterocycles. The Hall–Kier alpha value is -1.75. The van der Waals surface area contributed by atoms with Gasteiger partial charge >= 0.3 is 0 Å². The summed E-state index contributed by atoms with van der Waals surface area (Å²) < 4.78 is 5.32. The Morgan fingerprint density at radius 2 is 2.00 bits per heavy atom. The van der Waals surface area contributed by atoms with E-state index in [2.05, 4.69) is 10.2 Å². The van der Waals surface area contributed by atoms with Crippen LogP contribution in [0.5, 0.6) is 5.75 Å². The highest BCUT2D eigenvalue weighted by Gasteiger charge is 2.02. The van der Waals surface area contributed by atoms with E-state index >= 15 is 0 Å². The van der Waals surface area contributed by atoms with Gasteiger partial charge in [0.1, 0.15) is 5.75 Å². The molecule has 3 N–H and O–H groups in total. The van der Waals surface area contributed by atoms with Crippen LogP contribution in [0.3, 0.4) is 0 Å². The fraction of sp³-hybridized carbons (Fsp3) is 0.462. The number of hydrogen-bond donors (Lipinski definition) is 2. The van der Waals surface area contributed by atoms with Crippen molar-refractivity contribution in [3.63, 3.8) is 0 Å². The molecule has 1 rings (SSSR count). The summed E-state index contributed by atoms with van der Waals surface area (Å²) in [7, 11) is 4.01. The van der Waals surface area contributed by atoms with E-state index in [0.29, 0.717) is 18.0 Å². The van der Waals surface area contributed by atoms with Crippen LogP contribution in [0.4, 0.5) is 5.69 Å². The van der Waals surface area contributed by atoms with Gasteiger partial charge in [0, 0.05) is 12.2 Å². The first-order valence-corrected chi connectivity index (χ1v) is 5.97. The second-order valence-electron chi connectivity index (χ2n) is 4.36. The fourth-order valence-corrected chi connectivity index (χ4v) is 1.39. The Balaban J connectivity index is 2.15. The van der Waals surface area contributed by atoms with Crippen molar-refractivity contribution in [3.05, 3.63) is 24.3 Å². The number of carbonyl (C=O) groups excluding carboxylic acids is 1. The van der Waals surface area contributed by atoms with Gasteiger partial charge in [-0.2, -0.15) is 0 Å². The summed E-state index contributed by atoms with van der Waals surface area (Å²) in [5.41, 5.74) is 6.23. The zero-order valence-corrected chi connectivity index (χ0v) is 11.0. The van der Waals surface area contributed by atoms with Crippen molar-refractivity contribution >= 4 is 11.6 Å². The fourth-order valence-electron chi connectivity index (χ4n) is 1.39. The van der Waals surface area contributed by atoms with E-state index in [9.17, 15) is 4.79 Å². The summed E-state index contributed by atoms with van der Waals surface area (Å²) in [5.74, 6) is 0.540. The SMILES string of the molecule is CN(C)CCCNC(=O)COc1ccc(N)cc1. The molecule has 0 radical (unpaired) electrons. The quantitative estimate of drug-likeness (QED) is 0.553. The molecule has 1 amide bonds. The van der Waals surface area contributed by atoms with Crippen LogP contribution in [0, 0.1) is 0 Å². The molecule has 0 spiro atoms. The molecule has 5 heteroatoms. The number of carbonyl (C=O) groups is 1. The number of rotatable bonds is 7. The molecule has 1 aromatic carbocycles. The molecule has 0 aliphatic rings. The van der Waals surface area contributed by atoms with Crippen LogP contribution < -0.4 is 15.8 Å². The zero-order chi connectivity index (χ0) is 13.4. The molecule has 0 unspecified atom stereocenters. The lowest BCUT2D eigenvalue weighted by Crippen LogP contribution is -2.31. The average Bonchev–Trinajstić information content (AvgIpc) is 2.34. The highest BCUT2D eigenvalue weighted by molar-refractivity contribution is 5.77. The van der Waals surface area contributed by atoms with Gasteiger partial charge < -0.3 is 20.7 Å². The van der Waals surface area contributed by atoms with Gasteiger partial charge in [-0.15, -0.1) is 0 Å². The van der Waals surface area contributed by atoms with Crippen molar-refractivity contribution in [2.75, 3.05) is 39.5 Å². The molecule has 5 nitrogen and oxygen atoms in total. The molecule has 0 aliphatic carbocycles. The molecular weight excluding hydrogens is 230 g/mol. The van der Waals surface area contributed by atoms with Gasteiger partial charge in [0.05, 0.1) is 0 Å². The van der Waals surface area contributed by atoms with Crippen molar-refractivity contribution in [1.29, 1.82) is 0 Å². The number of ether oxygens (including phenoxy) is 1. The predicted molar refractivity (Wildman–Crippen MR) is 72.5 cm³/mol. The van der Waals surface area contributed by atoms with E-state index in [1.54, 1.807) is 24.3 Å². The van der Waals surface area contributed by atoms with Crippen LogP contribution in [-0.2, 0) is 4.79 Å². The smallest absolute Gasteiger partial charge is 0.257 e. The van der Waals surface area contributed by atoms with Crippen molar-refractivity contribution < 1.29 is 9.53 Å². The third-order valence-electron chi connectivity index (χ3n) is 2.35. The normalized spacial score (nSPS) is 10.4. The van der Waals surface area contributed by atoms with Gasteiger partial charge in [-0.3, -0.25) is 4.79 Å². The number of anilines is 1. The van der Waals surface area contributed by atoms with Gasteiger partial charge in [0.25, 0.3) is 5.91 Å². The average molecular weight is 251 g/mol. The third kappa shape index (κ3) is 6.10. The summed E-state index contributed by atoms with van der Waals surface area (Å²) in [6.07, 6.45) is 0.931. The summed E-state index contributed by atoms with van der Waals surface area (Å²) in [6, 6.07) is 6.97. The van der Waals surface area contributed by atoms with Crippen molar-refractivity contribution in [2.24, 2.45) is 0 Å². The molecule has 0 atom stereocenters. The first-order valence-electron chi connectivity index (χ1n) is 5.97. The second kappa shape index (κ2) is 7.55. The summed E-state index contributed by atoms with van der Waals surface area (Å²) in [5, 5.41) is 2.80. The lowest BCUT2D eigenvalue weighted by atomic mass is 10.3. The van der Waals surface area contributed by atoms with E-state index in [1.165, 1.54) is 0 Å². The standard InChI is InChI=1S/C13H21N3O2/c1-16(2)9-3-8-15-13(17)10-18-12-6-4-11(14)5-7-12/h4-7H,3,8-10,14H2,1-2H3,(H,15,17). The largest absolute Gasteiger partial charge is 0.484 e. The van der Waals surface area contributed by atoms with Crippen molar-refractivity contribution in [1.82, 2.24) is 10.2 Å². The Kier molecular flexibility index (Phi) is 6.00. The zero-order valence-electron chi connectivity index (χ0n) is 11.0. The van der Waals surface area contributed by atoms with Gasteiger partial charge in [0.2, 0.25) is 0 Å². The van der Waals surface area contributed by atoms with Crippen LogP contribution in [-0.4, -0.2) is 44.6 Å². The summed E-state index contributed by atoms with van der Waals surface area (Å²) >= 11 is 0. The Bertz CT molecular complexity index is 363. The van der Waals surface area contributed by atoms with E-state index in [4.69, 9.17) is 10.5 Å². The number of nitrogen functional groups attached to an aromatic ring is 1. The molecule has 0 aliphatic heterocycles. The van der Waals surface area contributed by atoms with E-state index < -0.39 is 0 Å². The highest BCUT2D eigenvalue weighted by Crippen LogP contribution is 2.12. The molecule has 0 bridgehead atoms. The lowest BCUT2D eigenvalue weighted by molar-refractivity contribution is -0.123. The molecule has 0 fully saturated rings. The maximum absolute atomic E-state index is 11.5. The number of nitrogens with one attached hydrogen (secondary N) is 1. The van der Waals surface area contributed by atoms with Crippen LogP contribution in [0.1, 0.15) is 6.42 Å². The minimum Gasteiger partial charge on any atom is -0.484 e. The number of benzene rings is 1. The van der Waals surface area contributed by atoms with Gasteiger partial charge in [0.15, 0.2) is 6.61 Å². The minimum atomic E-state index is -0.106. The van der Waals surface area contributed by atoms with Crippen molar-refractivity contribution in [2.45, 2.75) is 6.42 Å². The van der Waals surface area contributed by atoms with E-state index in [-0.39, 0.29) is 12.5 Å². The van der Waals surface area contributed by atoms with E-state index in [1.807, 2.05) is 14.1 Å². The number of nitrogens with two attached hydrogens (primary N) is 1. The molecule has 0 saturated carbocycles. The van der Waals surface area contributed by atoms with Crippen LogP contribution >= 0.6 is 0 Å². The van der Waals surface area contributed by atoms with Crippen LogP contribution in [0.25, 0.3) is 0 Å². The first kappa shape index (κ1) is 14.3. The van der Waals surface area contributed by atoms with Crippen LogP contribution in [0.15, 0.2) is 24.3 Å². The third-order valence-corrected chi connectivity index (χ3v) is 2.35. The monoisotopic (exact) mass is 251 g/mol. The first-order chi connectivity index (χ1) is 8.58. The lowest BCUT2D eigenvalue weighted by Gasteiger charge is -2.10. The minimum absolute atomic E-state index is 0.0336. The predicted octanol–water partition coefficient (Wildman–Crippen LogP) is 0.716. The maximum Gasteiger partial charge on any atom is 0.257 e. The second-order valence-corrected chi connectivity index (χ2v) is 4.36. The van der Waals surface area contributed by atoms with Gasteiger partial charge in [-0.1, -0.05) is 0 Å². The number of hydrogen-bond acceptors (Lipinski definition) is 4. The number of amides is 1. The topological polar surface area (TPSA) is 67.6 Å².